The normalized spacial score (nSPS) is 23.2. The quantitative estimate of drug-likeness (QED) is 0.588. The molecule has 2 aromatic rings. The highest BCUT2D eigenvalue weighted by Crippen LogP contribution is 2.39. The van der Waals surface area contributed by atoms with Gasteiger partial charge < -0.3 is 15.0 Å². The van der Waals surface area contributed by atoms with Gasteiger partial charge in [-0.05, 0) is 50.9 Å². The number of halogens is 1. The number of methoxy groups -OCH3 is 1. The van der Waals surface area contributed by atoms with Crippen LogP contribution >= 0.6 is 11.8 Å². The zero-order valence-corrected chi connectivity index (χ0v) is 22.6. The van der Waals surface area contributed by atoms with Crippen molar-refractivity contribution < 1.29 is 13.9 Å². The summed E-state index contributed by atoms with van der Waals surface area (Å²) >= 11 is 1.82. The Morgan fingerprint density at radius 3 is 3.11 bits per heavy atom. The highest BCUT2D eigenvalue weighted by atomic mass is 32.2. The summed E-state index contributed by atoms with van der Waals surface area (Å²) in [6, 6.07) is 4.88. The van der Waals surface area contributed by atoms with Crippen molar-refractivity contribution in [2.24, 2.45) is 4.99 Å². The third-order valence-electron chi connectivity index (χ3n) is 7.79. The molecule has 4 heterocycles. The van der Waals surface area contributed by atoms with Crippen molar-refractivity contribution in [2.75, 3.05) is 26.7 Å². The van der Waals surface area contributed by atoms with Crippen LogP contribution in [0.1, 0.15) is 48.7 Å². The van der Waals surface area contributed by atoms with Crippen LogP contribution in [0.4, 0.5) is 9.18 Å². The van der Waals surface area contributed by atoms with Crippen LogP contribution in [0, 0.1) is 5.82 Å². The molecule has 10 heteroatoms. The number of nitrogens with zero attached hydrogens (tertiary/aromatic N) is 4. The smallest absolute Gasteiger partial charge is 0.317 e. The van der Waals surface area contributed by atoms with Gasteiger partial charge in [0.1, 0.15) is 11.6 Å². The number of H-pyrrole nitrogens is 1. The van der Waals surface area contributed by atoms with E-state index in [4.69, 9.17) is 9.73 Å². The number of piperidine rings is 1. The highest BCUT2D eigenvalue weighted by Gasteiger charge is 2.31. The maximum atomic E-state index is 14.5. The number of aromatic amines is 1. The molecule has 200 valence electrons. The van der Waals surface area contributed by atoms with Crippen LogP contribution in [0.2, 0.25) is 0 Å². The van der Waals surface area contributed by atoms with E-state index < -0.39 is 0 Å². The molecule has 0 saturated carbocycles. The number of benzene rings is 1. The number of aromatic nitrogens is 2. The van der Waals surface area contributed by atoms with Crippen molar-refractivity contribution in [3.8, 4) is 5.75 Å². The van der Waals surface area contributed by atoms with Crippen LogP contribution in [-0.2, 0) is 19.5 Å². The second-order valence-corrected chi connectivity index (χ2v) is 11.7. The third-order valence-corrected chi connectivity index (χ3v) is 8.94. The predicted octanol–water partition coefficient (Wildman–Crippen LogP) is 4.49. The molecule has 3 aliphatic heterocycles. The minimum atomic E-state index is -0.261. The second-order valence-electron chi connectivity index (χ2n) is 10.3. The number of aliphatic imine (C=N–C) groups is 1. The van der Waals surface area contributed by atoms with Gasteiger partial charge in [-0.15, -0.1) is 11.8 Å². The third kappa shape index (κ3) is 4.99. The molecule has 1 saturated heterocycles. The van der Waals surface area contributed by atoms with E-state index in [1.54, 1.807) is 19.2 Å². The van der Waals surface area contributed by atoms with Crippen LogP contribution in [0.15, 0.2) is 41.0 Å². The van der Waals surface area contributed by atoms with Gasteiger partial charge >= 0.3 is 6.03 Å². The summed E-state index contributed by atoms with van der Waals surface area (Å²) in [5.74, 6) is 0.299. The summed E-state index contributed by atoms with van der Waals surface area (Å²) < 4.78 is 19.9. The van der Waals surface area contributed by atoms with Crippen molar-refractivity contribution in [2.45, 2.75) is 57.0 Å². The molecule has 1 fully saturated rings. The van der Waals surface area contributed by atoms with E-state index in [9.17, 15) is 9.18 Å². The molecule has 6 rings (SSSR count). The lowest BCUT2D eigenvalue weighted by Gasteiger charge is -2.35. The summed E-state index contributed by atoms with van der Waals surface area (Å²) in [5.41, 5.74) is 5.89. The molecule has 38 heavy (non-hydrogen) atoms. The van der Waals surface area contributed by atoms with Crippen molar-refractivity contribution in [1.29, 1.82) is 0 Å². The largest absolute Gasteiger partial charge is 0.496 e. The van der Waals surface area contributed by atoms with Gasteiger partial charge in [0.25, 0.3) is 0 Å². The summed E-state index contributed by atoms with van der Waals surface area (Å²) in [5, 5.41) is 12.6. The number of rotatable bonds is 5. The Kier molecular flexibility index (Phi) is 7.01. The number of hydrogen-bond donors (Lipinski definition) is 2. The standard InChI is InChI=1S/C28H33FN6O2S/c1-17-30-24-13-18(8-9-26(24)38-17)27-21-16-35(12-10-23(21)32-33-27)28(36)31-19-5-4-11-34(14-19)15-20-22(29)6-3-7-25(20)37-2/h3,6-8,13,19,26H,4-5,9-12,14-16H2,1-2H3,(H,31,36)(H,32,33). The van der Waals surface area contributed by atoms with Crippen LogP contribution < -0.4 is 10.1 Å². The Labute approximate surface area is 226 Å². The molecular weight excluding hydrogens is 503 g/mol. The summed E-state index contributed by atoms with van der Waals surface area (Å²) in [6.07, 6.45) is 7.93. The van der Waals surface area contributed by atoms with Crippen LogP contribution in [0.3, 0.4) is 0 Å². The van der Waals surface area contributed by atoms with Gasteiger partial charge in [-0.25, -0.2) is 9.18 Å². The molecular formula is C28H33FN6O2S. The SMILES string of the molecule is COc1cccc(F)c1CN1CCCC(NC(=O)N2CCc3[nH]nc(C4=CCC5SC(C)=NC5=C4)c3C2)C1. The maximum Gasteiger partial charge on any atom is 0.317 e. The van der Waals surface area contributed by atoms with E-state index in [0.29, 0.717) is 42.7 Å². The topological polar surface area (TPSA) is 85.9 Å². The Morgan fingerprint density at radius 1 is 1.34 bits per heavy atom. The van der Waals surface area contributed by atoms with Crippen LogP contribution in [-0.4, -0.2) is 69.1 Å². The number of hydrogen-bond acceptors (Lipinski definition) is 6. The first-order valence-electron chi connectivity index (χ1n) is 13.3. The first kappa shape index (κ1) is 25.2. The lowest BCUT2D eigenvalue weighted by Crippen LogP contribution is -2.52. The van der Waals surface area contributed by atoms with Crippen molar-refractivity contribution >= 4 is 28.4 Å². The molecule has 0 bridgehead atoms. The average molecular weight is 537 g/mol. The first-order chi connectivity index (χ1) is 18.5. The van der Waals surface area contributed by atoms with E-state index in [0.717, 1.165) is 65.5 Å². The predicted molar refractivity (Wildman–Crippen MR) is 148 cm³/mol. The molecule has 1 aromatic heterocycles. The minimum absolute atomic E-state index is 0.0166. The molecule has 2 unspecified atom stereocenters. The zero-order valence-electron chi connectivity index (χ0n) is 21.8. The molecule has 2 amide bonds. The Bertz CT molecular complexity index is 1330. The van der Waals surface area contributed by atoms with Crippen molar-refractivity contribution in [1.82, 2.24) is 25.3 Å². The van der Waals surface area contributed by atoms with Gasteiger partial charge in [-0.1, -0.05) is 12.1 Å². The van der Waals surface area contributed by atoms with Crippen molar-refractivity contribution in [3.63, 3.8) is 0 Å². The number of urea groups is 1. The molecule has 8 nitrogen and oxygen atoms in total. The number of allylic oxidation sites excluding steroid dienone is 3. The monoisotopic (exact) mass is 536 g/mol. The van der Waals surface area contributed by atoms with Gasteiger partial charge in [-0.3, -0.25) is 15.0 Å². The van der Waals surface area contributed by atoms with Gasteiger partial charge in [0.05, 0.1) is 35.3 Å². The number of likely N-dealkylation sites (tertiary alicyclic amines) is 1. The summed E-state index contributed by atoms with van der Waals surface area (Å²) in [6.45, 7) is 5.23. The zero-order chi connectivity index (χ0) is 26.2. The number of ether oxygens (including phenoxy) is 1. The van der Waals surface area contributed by atoms with Crippen LogP contribution in [0.25, 0.3) is 5.57 Å². The van der Waals surface area contributed by atoms with E-state index in [2.05, 4.69) is 39.5 Å². The molecule has 0 spiro atoms. The van der Waals surface area contributed by atoms with E-state index in [1.165, 1.54) is 6.07 Å². The van der Waals surface area contributed by atoms with Gasteiger partial charge in [0.15, 0.2) is 0 Å². The summed E-state index contributed by atoms with van der Waals surface area (Å²) in [4.78, 5) is 22.1. The second kappa shape index (κ2) is 10.6. The van der Waals surface area contributed by atoms with E-state index in [-0.39, 0.29) is 17.9 Å². The molecule has 2 N–H and O–H groups in total. The molecule has 1 aliphatic carbocycles. The number of carbonyl (C=O) groups is 1. The van der Waals surface area contributed by atoms with Crippen molar-refractivity contribution in [3.05, 3.63) is 64.4 Å². The Balaban J connectivity index is 1.10. The number of amides is 2. The molecule has 1 aromatic carbocycles. The Morgan fingerprint density at radius 2 is 2.24 bits per heavy atom. The highest BCUT2D eigenvalue weighted by molar-refractivity contribution is 8.14. The average Bonchev–Trinajstić information content (AvgIpc) is 3.51. The first-order valence-corrected chi connectivity index (χ1v) is 14.2. The minimum Gasteiger partial charge on any atom is -0.496 e. The molecule has 4 aliphatic rings. The number of fused-ring (bicyclic) bond motifs is 2. The molecule has 0 radical (unpaired) electrons. The van der Waals surface area contributed by atoms with Gasteiger partial charge in [-0.2, -0.15) is 5.10 Å². The number of thioether (sulfide) groups is 1. The fourth-order valence-corrected chi connectivity index (χ4v) is 6.86. The van der Waals surface area contributed by atoms with E-state index in [1.807, 2.05) is 16.7 Å². The number of nitrogens with one attached hydrogen (secondary N) is 2. The Hall–Kier alpha value is -3.11. The lowest BCUT2D eigenvalue weighted by molar-refractivity contribution is 0.158. The fraction of sp³-hybridized carbons (Fsp3) is 0.464. The maximum absolute atomic E-state index is 14.5. The molecule has 2 atom stereocenters. The van der Waals surface area contributed by atoms with Gasteiger partial charge in [0, 0.05) is 54.5 Å². The number of carbonyl (C=O) groups excluding carboxylic acids is 1. The van der Waals surface area contributed by atoms with Crippen LogP contribution in [0.5, 0.6) is 5.75 Å². The fourth-order valence-electron chi connectivity index (χ4n) is 5.85. The lowest BCUT2D eigenvalue weighted by atomic mass is 9.96. The van der Waals surface area contributed by atoms with Gasteiger partial charge in [0.2, 0.25) is 0 Å². The van der Waals surface area contributed by atoms with E-state index >= 15 is 0 Å². The summed E-state index contributed by atoms with van der Waals surface area (Å²) in [7, 11) is 1.56.